The molecule has 0 fully saturated rings. The minimum absolute atomic E-state index is 0.0189. The van der Waals surface area contributed by atoms with Crippen LogP contribution in [-0.2, 0) is 22.6 Å². The molecule has 1 N–H and O–H groups in total. The number of nitrogens with zero attached hydrogens (tertiary/aromatic N) is 1. The lowest BCUT2D eigenvalue weighted by atomic mass is 10.2. The molecule has 1 aliphatic heterocycles. The Morgan fingerprint density at radius 3 is 2.79 bits per heavy atom. The summed E-state index contributed by atoms with van der Waals surface area (Å²) in [5.41, 5.74) is 1.84. The predicted octanol–water partition coefficient (Wildman–Crippen LogP) is 3.72. The highest BCUT2D eigenvalue weighted by Gasteiger charge is 2.28. The van der Waals surface area contributed by atoms with Crippen LogP contribution < -0.4 is 10.2 Å². The number of halogens is 1. The van der Waals surface area contributed by atoms with E-state index in [1.165, 1.54) is 4.88 Å². The summed E-state index contributed by atoms with van der Waals surface area (Å²) in [7, 11) is 0. The molecular formula is C17H17ClN2O2S2. The number of fused-ring (bicyclic) bond motifs is 1. The Labute approximate surface area is 154 Å². The number of aryl methyl sites for hydroxylation is 1. The molecule has 0 radical (unpaired) electrons. The Morgan fingerprint density at radius 1 is 1.33 bits per heavy atom. The van der Waals surface area contributed by atoms with Crippen LogP contribution in [0.4, 0.5) is 5.69 Å². The summed E-state index contributed by atoms with van der Waals surface area (Å²) in [5, 5.41) is 3.52. The molecule has 126 valence electrons. The molecular weight excluding hydrogens is 364 g/mol. The summed E-state index contributed by atoms with van der Waals surface area (Å²) in [4.78, 5) is 27.3. The summed E-state index contributed by atoms with van der Waals surface area (Å²) >= 11 is 9.11. The monoisotopic (exact) mass is 380 g/mol. The Morgan fingerprint density at radius 2 is 2.08 bits per heavy atom. The third-order valence-corrected chi connectivity index (χ3v) is 6.48. The van der Waals surface area contributed by atoms with Gasteiger partial charge in [-0.25, -0.2) is 0 Å². The maximum atomic E-state index is 12.2. The fourth-order valence-corrected chi connectivity index (χ4v) is 4.81. The summed E-state index contributed by atoms with van der Waals surface area (Å²) in [6.45, 7) is 2.57. The fraction of sp³-hybridized carbons (Fsp3) is 0.294. The van der Waals surface area contributed by atoms with Crippen molar-refractivity contribution >= 4 is 52.2 Å². The number of thiophene rings is 1. The molecule has 2 aromatic rings. The molecule has 0 saturated heterocycles. The van der Waals surface area contributed by atoms with Gasteiger partial charge < -0.3 is 10.2 Å². The van der Waals surface area contributed by atoms with Crippen LogP contribution in [-0.4, -0.2) is 24.1 Å². The zero-order chi connectivity index (χ0) is 17.1. The number of hydrogen-bond acceptors (Lipinski definition) is 4. The van der Waals surface area contributed by atoms with Gasteiger partial charge in [0.1, 0.15) is 6.54 Å². The fourth-order valence-electron chi connectivity index (χ4n) is 2.39. The topological polar surface area (TPSA) is 49.4 Å². The zero-order valence-electron chi connectivity index (χ0n) is 13.2. The highest BCUT2D eigenvalue weighted by molar-refractivity contribution is 8.02. The van der Waals surface area contributed by atoms with Crippen molar-refractivity contribution in [1.82, 2.24) is 5.32 Å². The molecule has 0 atom stereocenters. The standard InChI is InChI=1S/C17H17ClN2O2S2/c1-2-13-7-14-17(24-13)23-10-16(22)20(14)9-15(21)19-8-11-3-5-12(18)6-4-11/h3-7H,2,8-10H2,1H3,(H,19,21). The molecule has 2 heterocycles. The Bertz CT molecular complexity index is 758. The van der Waals surface area contributed by atoms with Crippen LogP contribution >= 0.6 is 34.7 Å². The van der Waals surface area contributed by atoms with Crippen molar-refractivity contribution in [3.05, 3.63) is 45.8 Å². The van der Waals surface area contributed by atoms with Crippen LogP contribution in [0.5, 0.6) is 0 Å². The molecule has 1 aromatic heterocycles. The van der Waals surface area contributed by atoms with Crippen LogP contribution in [0.2, 0.25) is 5.02 Å². The number of nitrogens with one attached hydrogen (secondary N) is 1. The smallest absolute Gasteiger partial charge is 0.240 e. The predicted molar refractivity (Wildman–Crippen MR) is 100 cm³/mol. The van der Waals surface area contributed by atoms with Gasteiger partial charge in [0.2, 0.25) is 11.8 Å². The molecule has 0 saturated carbocycles. The van der Waals surface area contributed by atoms with Gasteiger partial charge in [0.15, 0.2) is 0 Å². The molecule has 1 aromatic carbocycles. The normalized spacial score (nSPS) is 13.8. The molecule has 1 aliphatic rings. The number of benzene rings is 1. The molecule has 3 rings (SSSR count). The molecule has 24 heavy (non-hydrogen) atoms. The number of rotatable bonds is 5. The molecule has 2 amide bonds. The first kappa shape index (κ1) is 17.3. The first-order chi connectivity index (χ1) is 11.6. The Balaban J connectivity index is 1.64. The lowest BCUT2D eigenvalue weighted by Gasteiger charge is -2.25. The number of hydrogen-bond donors (Lipinski definition) is 1. The van der Waals surface area contributed by atoms with Crippen LogP contribution in [0.1, 0.15) is 17.4 Å². The van der Waals surface area contributed by atoms with Crippen molar-refractivity contribution in [3.63, 3.8) is 0 Å². The van der Waals surface area contributed by atoms with Gasteiger partial charge in [-0.1, -0.05) is 30.7 Å². The lowest BCUT2D eigenvalue weighted by Crippen LogP contribution is -2.42. The largest absolute Gasteiger partial charge is 0.350 e. The van der Waals surface area contributed by atoms with Crippen LogP contribution in [0.25, 0.3) is 0 Å². The van der Waals surface area contributed by atoms with E-state index in [4.69, 9.17) is 11.6 Å². The molecule has 0 bridgehead atoms. The number of amides is 2. The minimum Gasteiger partial charge on any atom is -0.350 e. The van der Waals surface area contributed by atoms with Gasteiger partial charge in [-0.15, -0.1) is 23.1 Å². The SMILES string of the molecule is CCc1cc2c(s1)SCC(=O)N2CC(=O)NCc1ccc(Cl)cc1. The van der Waals surface area contributed by atoms with E-state index in [1.807, 2.05) is 18.2 Å². The number of carbonyl (C=O) groups is 2. The summed E-state index contributed by atoms with van der Waals surface area (Å²) < 4.78 is 1.12. The third kappa shape index (κ3) is 3.94. The first-order valence-electron chi connectivity index (χ1n) is 7.64. The van der Waals surface area contributed by atoms with Gasteiger partial charge in [0.25, 0.3) is 0 Å². The van der Waals surface area contributed by atoms with Gasteiger partial charge >= 0.3 is 0 Å². The van der Waals surface area contributed by atoms with Crippen molar-refractivity contribution < 1.29 is 9.59 Å². The molecule has 0 unspecified atom stereocenters. The van der Waals surface area contributed by atoms with Crippen molar-refractivity contribution in [2.24, 2.45) is 0 Å². The van der Waals surface area contributed by atoms with E-state index in [9.17, 15) is 9.59 Å². The van der Waals surface area contributed by atoms with E-state index >= 15 is 0 Å². The quantitative estimate of drug-likeness (QED) is 0.860. The molecule has 4 nitrogen and oxygen atoms in total. The van der Waals surface area contributed by atoms with E-state index in [0.29, 0.717) is 17.3 Å². The van der Waals surface area contributed by atoms with Crippen LogP contribution in [0.15, 0.2) is 34.5 Å². The number of anilines is 1. The summed E-state index contributed by atoms with van der Waals surface area (Å²) in [6.07, 6.45) is 0.934. The van der Waals surface area contributed by atoms with Crippen molar-refractivity contribution in [3.8, 4) is 0 Å². The average Bonchev–Trinajstić information content (AvgIpc) is 3.00. The molecule has 0 spiro atoms. The Hall–Kier alpha value is -1.50. The number of thioether (sulfide) groups is 1. The van der Waals surface area contributed by atoms with Gasteiger partial charge in [0, 0.05) is 16.4 Å². The molecule has 0 aliphatic carbocycles. The highest BCUT2D eigenvalue weighted by atomic mass is 35.5. The van der Waals surface area contributed by atoms with Crippen LogP contribution in [0, 0.1) is 0 Å². The first-order valence-corrected chi connectivity index (χ1v) is 9.82. The maximum absolute atomic E-state index is 12.2. The van der Waals surface area contributed by atoms with E-state index in [0.717, 1.165) is 21.9 Å². The van der Waals surface area contributed by atoms with Gasteiger partial charge in [-0.3, -0.25) is 9.59 Å². The third-order valence-electron chi connectivity index (χ3n) is 3.70. The summed E-state index contributed by atoms with van der Waals surface area (Å²) in [5.74, 6) is 0.205. The maximum Gasteiger partial charge on any atom is 0.240 e. The van der Waals surface area contributed by atoms with Gasteiger partial charge in [-0.2, -0.15) is 0 Å². The van der Waals surface area contributed by atoms with Crippen molar-refractivity contribution in [1.29, 1.82) is 0 Å². The second kappa shape index (κ2) is 7.59. The molecule has 7 heteroatoms. The zero-order valence-corrected chi connectivity index (χ0v) is 15.6. The lowest BCUT2D eigenvalue weighted by molar-refractivity contribution is -0.123. The van der Waals surface area contributed by atoms with E-state index in [-0.39, 0.29) is 18.4 Å². The van der Waals surface area contributed by atoms with Crippen LogP contribution in [0.3, 0.4) is 0 Å². The highest BCUT2D eigenvalue weighted by Crippen LogP contribution is 2.42. The van der Waals surface area contributed by atoms with Crippen molar-refractivity contribution in [2.75, 3.05) is 17.2 Å². The van der Waals surface area contributed by atoms with E-state index in [2.05, 4.69) is 12.2 Å². The van der Waals surface area contributed by atoms with E-state index < -0.39 is 0 Å². The Kier molecular flexibility index (Phi) is 5.48. The second-order valence-electron chi connectivity index (χ2n) is 5.41. The number of carbonyl (C=O) groups excluding carboxylic acids is 2. The minimum atomic E-state index is -0.166. The average molecular weight is 381 g/mol. The van der Waals surface area contributed by atoms with Crippen molar-refractivity contribution in [2.45, 2.75) is 24.1 Å². The van der Waals surface area contributed by atoms with E-state index in [1.54, 1.807) is 40.1 Å². The van der Waals surface area contributed by atoms with Gasteiger partial charge in [-0.05, 0) is 30.2 Å². The van der Waals surface area contributed by atoms with Gasteiger partial charge in [0.05, 0.1) is 15.6 Å². The second-order valence-corrected chi connectivity index (χ2v) is 8.23. The summed E-state index contributed by atoms with van der Waals surface area (Å²) in [6, 6.07) is 9.35.